The zero-order valence-electron chi connectivity index (χ0n) is 14.6. The Morgan fingerprint density at radius 2 is 1.96 bits per heavy atom. The number of benzene rings is 2. The lowest BCUT2D eigenvalue weighted by atomic mass is 10.1. The van der Waals surface area contributed by atoms with E-state index >= 15 is 0 Å². The smallest absolute Gasteiger partial charge is 0.269 e. The van der Waals surface area contributed by atoms with Gasteiger partial charge >= 0.3 is 0 Å². The monoisotopic (exact) mass is 370 g/mol. The number of phenols is 1. The van der Waals surface area contributed by atoms with Crippen LogP contribution in [-0.4, -0.2) is 21.9 Å². The SMILES string of the molecule is CCOc1cc(/C=C(\Cl)c2nc(-c3ccc(CC)cc3)no2)ccc1O. The molecule has 0 bridgehead atoms. The molecule has 134 valence electrons. The van der Waals surface area contributed by atoms with Crippen molar-refractivity contribution in [2.45, 2.75) is 20.3 Å². The van der Waals surface area contributed by atoms with E-state index in [0.29, 0.717) is 23.2 Å². The van der Waals surface area contributed by atoms with Gasteiger partial charge in [-0.25, -0.2) is 0 Å². The Balaban J connectivity index is 1.84. The van der Waals surface area contributed by atoms with Gasteiger partial charge in [0.25, 0.3) is 5.89 Å². The van der Waals surface area contributed by atoms with E-state index in [-0.39, 0.29) is 11.6 Å². The molecule has 0 unspecified atom stereocenters. The number of aromatic nitrogens is 2. The molecule has 0 aliphatic rings. The van der Waals surface area contributed by atoms with Crippen LogP contribution in [0.4, 0.5) is 0 Å². The summed E-state index contributed by atoms with van der Waals surface area (Å²) in [6.07, 6.45) is 2.66. The van der Waals surface area contributed by atoms with Crippen LogP contribution in [0.25, 0.3) is 22.5 Å². The van der Waals surface area contributed by atoms with Gasteiger partial charge < -0.3 is 14.4 Å². The van der Waals surface area contributed by atoms with Crippen molar-refractivity contribution in [1.29, 1.82) is 0 Å². The van der Waals surface area contributed by atoms with E-state index in [4.69, 9.17) is 20.9 Å². The van der Waals surface area contributed by atoms with E-state index < -0.39 is 0 Å². The summed E-state index contributed by atoms with van der Waals surface area (Å²) in [5.74, 6) is 1.19. The van der Waals surface area contributed by atoms with Gasteiger partial charge in [0.05, 0.1) is 6.61 Å². The largest absolute Gasteiger partial charge is 0.504 e. The summed E-state index contributed by atoms with van der Waals surface area (Å²) in [5, 5.41) is 14.1. The van der Waals surface area contributed by atoms with Gasteiger partial charge in [0.2, 0.25) is 5.82 Å². The van der Waals surface area contributed by atoms with Crippen molar-refractivity contribution in [2.75, 3.05) is 6.61 Å². The first-order valence-electron chi connectivity index (χ1n) is 8.37. The van der Waals surface area contributed by atoms with E-state index in [9.17, 15) is 5.11 Å². The summed E-state index contributed by atoms with van der Waals surface area (Å²) in [6.45, 7) is 4.41. The summed E-state index contributed by atoms with van der Waals surface area (Å²) in [7, 11) is 0. The number of nitrogens with zero attached hydrogens (tertiary/aromatic N) is 2. The van der Waals surface area contributed by atoms with Gasteiger partial charge in [-0.1, -0.05) is 54.0 Å². The van der Waals surface area contributed by atoms with Crippen molar-refractivity contribution < 1.29 is 14.4 Å². The van der Waals surface area contributed by atoms with E-state index in [2.05, 4.69) is 17.1 Å². The highest BCUT2D eigenvalue weighted by Gasteiger charge is 2.12. The van der Waals surface area contributed by atoms with Crippen LogP contribution < -0.4 is 4.74 Å². The Hall–Kier alpha value is -2.79. The minimum Gasteiger partial charge on any atom is -0.504 e. The molecule has 3 aromatic rings. The van der Waals surface area contributed by atoms with Gasteiger partial charge in [-0.15, -0.1) is 0 Å². The average molecular weight is 371 g/mol. The molecule has 1 N–H and O–H groups in total. The lowest BCUT2D eigenvalue weighted by molar-refractivity contribution is 0.318. The second-order valence-electron chi connectivity index (χ2n) is 5.63. The molecule has 5 nitrogen and oxygen atoms in total. The quantitative estimate of drug-likeness (QED) is 0.650. The maximum absolute atomic E-state index is 9.76. The van der Waals surface area contributed by atoms with E-state index in [1.54, 1.807) is 24.3 Å². The number of hydrogen-bond donors (Lipinski definition) is 1. The molecule has 26 heavy (non-hydrogen) atoms. The first-order chi connectivity index (χ1) is 12.6. The average Bonchev–Trinajstić information content (AvgIpc) is 3.15. The van der Waals surface area contributed by atoms with Crippen LogP contribution >= 0.6 is 11.6 Å². The fraction of sp³-hybridized carbons (Fsp3) is 0.200. The lowest BCUT2D eigenvalue weighted by Crippen LogP contribution is -1.92. The Kier molecular flexibility index (Phi) is 5.58. The predicted molar refractivity (Wildman–Crippen MR) is 102 cm³/mol. The van der Waals surface area contributed by atoms with Gasteiger partial charge in [0, 0.05) is 5.56 Å². The number of halogens is 1. The van der Waals surface area contributed by atoms with E-state index in [1.807, 2.05) is 31.2 Å². The molecule has 2 aromatic carbocycles. The van der Waals surface area contributed by atoms with Crippen LogP contribution in [0.5, 0.6) is 11.5 Å². The number of aryl methyl sites for hydroxylation is 1. The maximum atomic E-state index is 9.76. The standard InChI is InChI=1S/C20H19ClN2O3/c1-3-13-5-8-15(9-6-13)19-22-20(26-23-19)16(21)11-14-7-10-17(24)18(12-14)25-4-2/h5-12,24H,3-4H2,1-2H3/b16-11-. The van der Waals surface area contributed by atoms with Gasteiger partial charge in [0.1, 0.15) is 5.03 Å². The summed E-state index contributed by atoms with van der Waals surface area (Å²) < 4.78 is 10.6. The van der Waals surface area contributed by atoms with Crippen LogP contribution in [-0.2, 0) is 6.42 Å². The highest BCUT2D eigenvalue weighted by Crippen LogP contribution is 2.30. The molecule has 0 aliphatic heterocycles. The van der Waals surface area contributed by atoms with Crippen molar-refractivity contribution in [3.05, 3.63) is 59.5 Å². The molecule has 0 aliphatic carbocycles. The molecule has 6 heteroatoms. The van der Waals surface area contributed by atoms with Crippen LogP contribution in [0.15, 0.2) is 47.0 Å². The first-order valence-corrected chi connectivity index (χ1v) is 8.75. The minimum atomic E-state index is 0.0794. The highest BCUT2D eigenvalue weighted by molar-refractivity contribution is 6.50. The van der Waals surface area contributed by atoms with Crippen molar-refractivity contribution in [3.63, 3.8) is 0 Å². The van der Waals surface area contributed by atoms with Crippen LogP contribution in [0.1, 0.15) is 30.9 Å². The third-order valence-electron chi connectivity index (χ3n) is 3.83. The van der Waals surface area contributed by atoms with Crippen molar-refractivity contribution in [3.8, 4) is 22.9 Å². The summed E-state index contributed by atoms with van der Waals surface area (Å²) in [6, 6.07) is 13.0. The molecule has 0 saturated carbocycles. The Bertz CT molecular complexity index is 917. The molecule has 0 spiro atoms. The number of phenolic OH excluding ortho intramolecular Hbond substituents is 1. The van der Waals surface area contributed by atoms with Gasteiger partial charge in [-0.2, -0.15) is 4.98 Å². The fourth-order valence-corrected chi connectivity index (χ4v) is 2.63. The molecular formula is C20H19ClN2O3. The van der Waals surface area contributed by atoms with Crippen molar-refractivity contribution in [1.82, 2.24) is 10.1 Å². The zero-order valence-corrected chi connectivity index (χ0v) is 15.3. The molecule has 0 radical (unpaired) electrons. The number of ether oxygens (including phenoxy) is 1. The molecule has 0 saturated heterocycles. The highest BCUT2D eigenvalue weighted by atomic mass is 35.5. The van der Waals surface area contributed by atoms with E-state index in [0.717, 1.165) is 17.5 Å². The van der Waals surface area contributed by atoms with Gasteiger partial charge in [0.15, 0.2) is 11.5 Å². The van der Waals surface area contributed by atoms with Gasteiger partial charge in [-0.3, -0.25) is 0 Å². The normalized spacial score (nSPS) is 11.6. The Morgan fingerprint density at radius 3 is 2.65 bits per heavy atom. The van der Waals surface area contributed by atoms with Crippen LogP contribution in [0.3, 0.4) is 0 Å². The minimum absolute atomic E-state index is 0.0794. The zero-order chi connectivity index (χ0) is 18.5. The number of hydrogen-bond acceptors (Lipinski definition) is 5. The molecular weight excluding hydrogens is 352 g/mol. The van der Waals surface area contributed by atoms with E-state index in [1.165, 1.54) is 5.56 Å². The fourth-order valence-electron chi connectivity index (χ4n) is 2.43. The molecule has 3 rings (SSSR count). The lowest BCUT2D eigenvalue weighted by Gasteiger charge is -2.06. The first kappa shape index (κ1) is 18.0. The summed E-state index contributed by atoms with van der Waals surface area (Å²) in [5.41, 5.74) is 2.86. The molecule has 0 fully saturated rings. The third-order valence-corrected chi connectivity index (χ3v) is 4.10. The molecule has 1 aromatic heterocycles. The number of rotatable bonds is 6. The summed E-state index contributed by atoms with van der Waals surface area (Å²) >= 11 is 6.32. The predicted octanol–water partition coefficient (Wildman–Crippen LogP) is 5.14. The Labute approximate surface area is 156 Å². The Morgan fingerprint density at radius 1 is 1.19 bits per heavy atom. The second-order valence-corrected chi connectivity index (χ2v) is 6.03. The molecule has 0 amide bonds. The maximum Gasteiger partial charge on any atom is 0.269 e. The molecule has 0 atom stereocenters. The van der Waals surface area contributed by atoms with Crippen molar-refractivity contribution in [2.24, 2.45) is 0 Å². The van der Waals surface area contributed by atoms with Crippen molar-refractivity contribution >= 4 is 22.7 Å². The number of aromatic hydroxyl groups is 1. The third kappa shape index (κ3) is 4.06. The second kappa shape index (κ2) is 8.06. The summed E-state index contributed by atoms with van der Waals surface area (Å²) in [4.78, 5) is 4.35. The van der Waals surface area contributed by atoms with Crippen LogP contribution in [0.2, 0.25) is 0 Å². The topological polar surface area (TPSA) is 68.4 Å². The molecule has 1 heterocycles. The van der Waals surface area contributed by atoms with Crippen LogP contribution in [0, 0.1) is 0 Å². The van der Waals surface area contributed by atoms with Gasteiger partial charge in [-0.05, 0) is 42.7 Å².